The normalized spacial score (nSPS) is 20.0. The van der Waals surface area contributed by atoms with Crippen LogP contribution in [0.3, 0.4) is 0 Å². The standard InChI is InChI=1S/C16H23N3O6S/c1-4-18(9-16(20)21)13-6-12(7-13)17-26(24,25)15-8-14(19(22)23)5-10(2)11(15)3/h5,8,12-13,17H,4,6-7,9H2,1-3H3,(H,20,21). The molecule has 0 radical (unpaired) electrons. The lowest BCUT2D eigenvalue weighted by Crippen LogP contribution is -2.54. The second-order valence-corrected chi connectivity index (χ2v) is 8.23. The number of sulfonamides is 1. The highest BCUT2D eigenvalue weighted by atomic mass is 32.2. The number of carbonyl (C=O) groups is 1. The smallest absolute Gasteiger partial charge is 0.317 e. The predicted octanol–water partition coefficient (Wildman–Crippen LogP) is 1.43. The van der Waals surface area contributed by atoms with Gasteiger partial charge in [0, 0.05) is 24.2 Å². The molecule has 0 aliphatic heterocycles. The molecule has 0 atom stereocenters. The highest BCUT2D eigenvalue weighted by Crippen LogP contribution is 2.29. The first-order valence-corrected chi connectivity index (χ1v) is 9.77. The average Bonchev–Trinajstić information content (AvgIpc) is 2.50. The van der Waals surface area contributed by atoms with Crippen molar-refractivity contribution in [3.8, 4) is 0 Å². The zero-order chi connectivity index (χ0) is 19.6. The predicted molar refractivity (Wildman–Crippen MR) is 94.6 cm³/mol. The van der Waals surface area contributed by atoms with Gasteiger partial charge in [-0.1, -0.05) is 6.92 Å². The molecule has 0 spiro atoms. The number of benzene rings is 1. The number of non-ortho nitro benzene ring substituents is 1. The van der Waals surface area contributed by atoms with Crippen LogP contribution in [-0.2, 0) is 14.8 Å². The first-order chi connectivity index (χ1) is 12.0. The van der Waals surface area contributed by atoms with E-state index in [4.69, 9.17) is 5.11 Å². The molecule has 2 N–H and O–H groups in total. The topological polar surface area (TPSA) is 130 Å². The number of nitrogens with zero attached hydrogens (tertiary/aromatic N) is 2. The van der Waals surface area contributed by atoms with E-state index in [9.17, 15) is 23.3 Å². The summed E-state index contributed by atoms with van der Waals surface area (Å²) < 4.78 is 27.9. The van der Waals surface area contributed by atoms with Gasteiger partial charge in [0.2, 0.25) is 10.0 Å². The summed E-state index contributed by atoms with van der Waals surface area (Å²) in [6, 6.07) is 2.12. The largest absolute Gasteiger partial charge is 0.480 e. The van der Waals surface area contributed by atoms with Gasteiger partial charge < -0.3 is 5.11 Å². The second kappa shape index (κ2) is 7.68. The number of nitro groups is 1. The van der Waals surface area contributed by atoms with E-state index in [1.807, 2.05) is 6.92 Å². The van der Waals surface area contributed by atoms with Crippen LogP contribution in [0.25, 0.3) is 0 Å². The van der Waals surface area contributed by atoms with Crippen molar-refractivity contribution in [2.24, 2.45) is 0 Å². The van der Waals surface area contributed by atoms with Gasteiger partial charge in [0.15, 0.2) is 0 Å². The molecule has 0 aromatic heterocycles. The first kappa shape index (κ1) is 20.3. The molecule has 1 fully saturated rings. The van der Waals surface area contributed by atoms with E-state index in [0.717, 1.165) is 6.07 Å². The van der Waals surface area contributed by atoms with Crippen LogP contribution in [0.15, 0.2) is 17.0 Å². The Labute approximate surface area is 152 Å². The fourth-order valence-corrected chi connectivity index (χ4v) is 4.73. The number of nitro benzene ring substituents is 1. The molecule has 1 aromatic carbocycles. The zero-order valence-corrected chi connectivity index (χ0v) is 15.7. The van der Waals surface area contributed by atoms with Crippen LogP contribution in [0.1, 0.15) is 30.9 Å². The Hall–Kier alpha value is -2.04. The third kappa shape index (κ3) is 4.37. The summed E-state index contributed by atoms with van der Waals surface area (Å²) in [7, 11) is -3.90. The Kier molecular flexibility index (Phi) is 5.99. The highest BCUT2D eigenvalue weighted by molar-refractivity contribution is 7.89. The molecular weight excluding hydrogens is 362 g/mol. The van der Waals surface area contributed by atoms with E-state index >= 15 is 0 Å². The Morgan fingerprint density at radius 1 is 1.38 bits per heavy atom. The minimum atomic E-state index is -3.90. The van der Waals surface area contributed by atoms with Gasteiger partial charge in [-0.2, -0.15) is 0 Å². The molecule has 0 unspecified atom stereocenters. The van der Waals surface area contributed by atoms with Crippen molar-refractivity contribution in [1.82, 2.24) is 9.62 Å². The van der Waals surface area contributed by atoms with Crippen LogP contribution in [0.5, 0.6) is 0 Å². The number of aliphatic carboxylic acids is 1. The van der Waals surface area contributed by atoms with Crippen molar-refractivity contribution in [2.45, 2.75) is 50.6 Å². The molecule has 26 heavy (non-hydrogen) atoms. The summed E-state index contributed by atoms with van der Waals surface area (Å²) in [5.41, 5.74) is 0.739. The summed E-state index contributed by atoms with van der Waals surface area (Å²) in [5, 5.41) is 19.9. The molecule has 0 heterocycles. The van der Waals surface area contributed by atoms with Gasteiger partial charge in [0.1, 0.15) is 0 Å². The Morgan fingerprint density at radius 2 is 2.00 bits per heavy atom. The van der Waals surface area contributed by atoms with E-state index in [1.165, 1.54) is 6.07 Å². The van der Waals surface area contributed by atoms with Crippen molar-refractivity contribution in [2.75, 3.05) is 13.1 Å². The van der Waals surface area contributed by atoms with Gasteiger partial charge in [-0.15, -0.1) is 0 Å². The van der Waals surface area contributed by atoms with Gasteiger partial charge in [-0.3, -0.25) is 19.8 Å². The van der Waals surface area contributed by atoms with Gasteiger partial charge in [-0.05, 0) is 44.4 Å². The molecule has 1 aliphatic rings. The quantitative estimate of drug-likeness (QED) is 0.511. The van der Waals surface area contributed by atoms with Crippen LogP contribution >= 0.6 is 0 Å². The monoisotopic (exact) mass is 385 g/mol. The van der Waals surface area contributed by atoms with E-state index in [0.29, 0.717) is 30.5 Å². The molecule has 1 aliphatic carbocycles. The fraction of sp³-hybridized carbons (Fsp3) is 0.562. The first-order valence-electron chi connectivity index (χ1n) is 8.29. The highest BCUT2D eigenvalue weighted by Gasteiger charge is 2.37. The number of nitrogens with one attached hydrogen (secondary N) is 1. The Bertz CT molecular complexity index is 818. The maximum absolute atomic E-state index is 12.7. The summed E-state index contributed by atoms with van der Waals surface area (Å²) in [6.45, 7) is 5.59. The number of aryl methyl sites for hydroxylation is 1. The summed E-state index contributed by atoms with van der Waals surface area (Å²) in [4.78, 5) is 22.9. The SMILES string of the molecule is CCN(CC(=O)O)C1CC(NS(=O)(=O)c2cc([N+](=O)[O-])cc(C)c2C)C1. The zero-order valence-electron chi connectivity index (χ0n) is 14.9. The lowest BCUT2D eigenvalue weighted by atomic mass is 9.86. The van der Waals surface area contributed by atoms with E-state index in [2.05, 4.69) is 4.72 Å². The van der Waals surface area contributed by atoms with Gasteiger partial charge in [0.25, 0.3) is 5.69 Å². The van der Waals surface area contributed by atoms with Gasteiger partial charge >= 0.3 is 5.97 Å². The minimum Gasteiger partial charge on any atom is -0.480 e. The average molecular weight is 385 g/mol. The van der Waals surface area contributed by atoms with Crippen molar-refractivity contribution < 1.29 is 23.2 Å². The Balaban J connectivity index is 2.12. The number of likely N-dealkylation sites (N-methyl/N-ethyl adjacent to an activating group) is 1. The minimum absolute atomic E-state index is 0.0109. The number of rotatable bonds is 8. The molecule has 0 amide bonds. The van der Waals surface area contributed by atoms with Gasteiger partial charge in [0.05, 0.1) is 16.4 Å². The van der Waals surface area contributed by atoms with Gasteiger partial charge in [-0.25, -0.2) is 13.1 Å². The maximum atomic E-state index is 12.7. The molecule has 144 valence electrons. The summed E-state index contributed by atoms with van der Waals surface area (Å²) in [6.07, 6.45) is 1.01. The maximum Gasteiger partial charge on any atom is 0.317 e. The summed E-state index contributed by atoms with van der Waals surface area (Å²) >= 11 is 0. The van der Waals surface area contributed by atoms with Crippen molar-refractivity contribution in [3.63, 3.8) is 0 Å². The lowest BCUT2D eigenvalue weighted by molar-refractivity contribution is -0.385. The molecule has 0 bridgehead atoms. The van der Waals surface area contributed by atoms with Crippen LogP contribution in [0.4, 0.5) is 5.69 Å². The van der Waals surface area contributed by atoms with E-state index in [-0.39, 0.29) is 29.2 Å². The lowest BCUT2D eigenvalue weighted by Gasteiger charge is -2.42. The van der Waals surface area contributed by atoms with E-state index in [1.54, 1.807) is 18.7 Å². The van der Waals surface area contributed by atoms with Crippen molar-refractivity contribution >= 4 is 21.7 Å². The third-order valence-electron chi connectivity index (χ3n) is 4.80. The number of hydrogen-bond acceptors (Lipinski definition) is 6. The molecule has 9 nitrogen and oxygen atoms in total. The molecular formula is C16H23N3O6S. The van der Waals surface area contributed by atoms with Crippen LogP contribution in [0, 0.1) is 24.0 Å². The van der Waals surface area contributed by atoms with Crippen LogP contribution < -0.4 is 4.72 Å². The molecule has 1 saturated carbocycles. The fourth-order valence-electron chi connectivity index (χ4n) is 3.13. The summed E-state index contributed by atoms with van der Waals surface area (Å²) in [5.74, 6) is -0.918. The Morgan fingerprint density at radius 3 is 2.50 bits per heavy atom. The molecule has 0 saturated heterocycles. The number of carboxylic acid groups (broad SMARTS) is 1. The van der Waals surface area contributed by atoms with Crippen LogP contribution in [-0.4, -0.2) is 54.5 Å². The van der Waals surface area contributed by atoms with E-state index < -0.39 is 20.9 Å². The van der Waals surface area contributed by atoms with Crippen LogP contribution in [0.2, 0.25) is 0 Å². The molecule has 2 rings (SSSR count). The molecule has 10 heteroatoms. The number of carboxylic acids is 1. The number of hydrogen-bond donors (Lipinski definition) is 2. The molecule has 1 aromatic rings. The van der Waals surface area contributed by atoms with Crippen molar-refractivity contribution in [1.29, 1.82) is 0 Å². The third-order valence-corrected chi connectivity index (χ3v) is 6.45. The van der Waals surface area contributed by atoms with Crippen molar-refractivity contribution in [3.05, 3.63) is 33.4 Å². The second-order valence-electron chi connectivity index (χ2n) is 6.54.